The Morgan fingerprint density at radius 2 is 2.44 bits per heavy atom. The molecule has 0 aromatic heterocycles. The number of nitrogens with zero attached hydrogens (tertiary/aromatic N) is 1. The zero-order valence-electron chi connectivity index (χ0n) is 10.1. The average molecular weight is 230 g/mol. The van der Waals surface area contributed by atoms with Crippen LogP contribution in [0.5, 0.6) is 0 Å². The van der Waals surface area contributed by atoms with Gasteiger partial charge in [0.15, 0.2) is 0 Å². The minimum absolute atomic E-state index is 0.284. The van der Waals surface area contributed by atoms with E-state index in [0.29, 0.717) is 6.54 Å². The Bertz CT molecular complexity index is 217. The molecular formula is C11H22N2O3. The number of likely N-dealkylation sites (N-methyl/N-ethyl adjacent to an activating group) is 2. The monoisotopic (exact) mass is 230 g/mol. The van der Waals surface area contributed by atoms with Crippen LogP contribution in [0.4, 0.5) is 0 Å². The lowest BCUT2D eigenvalue weighted by atomic mass is 10.2. The number of carbonyl (C=O) groups is 1. The van der Waals surface area contributed by atoms with E-state index in [9.17, 15) is 4.79 Å². The largest absolute Gasteiger partial charge is 0.480 e. The molecule has 5 heteroatoms. The summed E-state index contributed by atoms with van der Waals surface area (Å²) in [5.74, 6) is -0.798. The highest BCUT2D eigenvalue weighted by Crippen LogP contribution is 2.13. The summed E-state index contributed by atoms with van der Waals surface area (Å²) in [4.78, 5) is 13.0. The zero-order valence-corrected chi connectivity index (χ0v) is 10.1. The molecule has 2 atom stereocenters. The molecule has 0 amide bonds. The number of ether oxygens (including phenoxy) is 1. The molecule has 94 valence electrons. The van der Waals surface area contributed by atoms with Gasteiger partial charge in [-0.2, -0.15) is 0 Å². The predicted octanol–water partition coefficient (Wildman–Crippen LogP) is 0.160. The Labute approximate surface area is 96.8 Å². The minimum Gasteiger partial charge on any atom is -0.480 e. The van der Waals surface area contributed by atoms with Crippen LogP contribution in [0.15, 0.2) is 0 Å². The van der Waals surface area contributed by atoms with Gasteiger partial charge in [0, 0.05) is 19.7 Å². The number of hydrogen-bond donors (Lipinski definition) is 2. The van der Waals surface area contributed by atoms with E-state index in [1.165, 1.54) is 0 Å². The van der Waals surface area contributed by atoms with Crippen molar-refractivity contribution in [3.63, 3.8) is 0 Å². The fraction of sp³-hybridized carbons (Fsp3) is 0.909. The number of nitrogens with one attached hydrogen (secondary N) is 1. The van der Waals surface area contributed by atoms with Crippen molar-refractivity contribution in [2.75, 3.05) is 33.3 Å². The van der Waals surface area contributed by atoms with Gasteiger partial charge >= 0.3 is 5.97 Å². The molecule has 2 unspecified atom stereocenters. The fourth-order valence-electron chi connectivity index (χ4n) is 1.96. The maximum atomic E-state index is 10.9. The van der Waals surface area contributed by atoms with Crippen LogP contribution in [0.3, 0.4) is 0 Å². The summed E-state index contributed by atoms with van der Waals surface area (Å²) in [6.07, 6.45) is 2.50. The van der Waals surface area contributed by atoms with E-state index in [0.717, 1.165) is 32.5 Å². The molecule has 1 rings (SSSR count). The number of carboxylic acid groups (broad SMARTS) is 1. The summed E-state index contributed by atoms with van der Waals surface area (Å²) in [6.45, 7) is 5.11. The topological polar surface area (TPSA) is 61.8 Å². The van der Waals surface area contributed by atoms with Crippen LogP contribution in [0.2, 0.25) is 0 Å². The van der Waals surface area contributed by atoms with Crippen LogP contribution in [-0.2, 0) is 9.53 Å². The third-order valence-electron chi connectivity index (χ3n) is 3.02. The summed E-state index contributed by atoms with van der Waals surface area (Å²) < 4.78 is 5.55. The summed E-state index contributed by atoms with van der Waals surface area (Å²) in [5.41, 5.74) is 0. The minimum atomic E-state index is -0.798. The number of aliphatic carboxylic acids is 1. The van der Waals surface area contributed by atoms with E-state index in [-0.39, 0.29) is 6.10 Å². The van der Waals surface area contributed by atoms with Gasteiger partial charge in [-0.3, -0.25) is 9.69 Å². The quantitative estimate of drug-likeness (QED) is 0.652. The van der Waals surface area contributed by atoms with Gasteiger partial charge in [-0.15, -0.1) is 0 Å². The van der Waals surface area contributed by atoms with Crippen molar-refractivity contribution >= 4 is 5.97 Å². The second-order valence-corrected chi connectivity index (χ2v) is 4.17. The lowest BCUT2D eigenvalue weighted by molar-refractivity contribution is -0.139. The van der Waals surface area contributed by atoms with Crippen molar-refractivity contribution in [2.45, 2.75) is 31.9 Å². The van der Waals surface area contributed by atoms with Crippen LogP contribution < -0.4 is 5.32 Å². The molecule has 1 heterocycles. The molecule has 0 aliphatic carbocycles. The Kier molecular flexibility index (Phi) is 5.73. The van der Waals surface area contributed by atoms with Gasteiger partial charge in [0.05, 0.1) is 6.10 Å². The van der Waals surface area contributed by atoms with Gasteiger partial charge in [0.1, 0.15) is 6.04 Å². The SMILES string of the molecule is CCN(CC1CCCO1)CC(NC)C(=O)O. The van der Waals surface area contributed by atoms with E-state index in [4.69, 9.17) is 9.84 Å². The summed E-state index contributed by atoms with van der Waals surface area (Å²) in [6, 6.07) is -0.499. The van der Waals surface area contributed by atoms with E-state index in [1.54, 1.807) is 7.05 Å². The van der Waals surface area contributed by atoms with Crippen molar-refractivity contribution in [3.05, 3.63) is 0 Å². The Morgan fingerprint density at radius 3 is 2.88 bits per heavy atom. The maximum absolute atomic E-state index is 10.9. The Morgan fingerprint density at radius 1 is 1.69 bits per heavy atom. The van der Waals surface area contributed by atoms with Crippen LogP contribution in [0.25, 0.3) is 0 Å². The molecule has 1 aliphatic rings. The first-order valence-electron chi connectivity index (χ1n) is 5.91. The van der Waals surface area contributed by atoms with E-state index < -0.39 is 12.0 Å². The van der Waals surface area contributed by atoms with Gasteiger partial charge in [0.2, 0.25) is 0 Å². The van der Waals surface area contributed by atoms with Crippen LogP contribution in [-0.4, -0.2) is 61.4 Å². The summed E-state index contributed by atoms with van der Waals surface area (Å²) >= 11 is 0. The van der Waals surface area contributed by atoms with Crippen molar-refractivity contribution in [3.8, 4) is 0 Å². The maximum Gasteiger partial charge on any atom is 0.322 e. The van der Waals surface area contributed by atoms with Crippen LogP contribution >= 0.6 is 0 Å². The van der Waals surface area contributed by atoms with E-state index >= 15 is 0 Å². The van der Waals surface area contributed by atoms with Crippen molar-refractivity contribution in [1.29, 1.82) is 0 Å². The molecular weight excluding hydrogens is 208 g/mol. The third kappa shape index (κ3) is 4.08. The zero-order chi connectivity index (χ0) is 12.0. The highest BCUT2D eigenvalue weighted by molar-refractivity contribution is 5.73. The Balaban J connectivity index is 2.37. The predicted molar refractivity (Wildman–Crippen MR) is 61.6 cm³/mol. The second kappa shape index (κ2) is 6.83. The lowest BCUT2D eigenvalue weighted by Crippen LogP contribution is -2.46. The molecule has 1 saturated heterocycles. The van der Waals surface area contributed by atoms with Crippen LogP contribution in [0.1, 0.15) is 19.8 Å². The van der Waals surface area contributed by atoms with E-state index in [2.05, 4.69) is 10.2 Å². The molecule has 0 saturated carbocycles. The van der Waals surface area contributed by atoms with Gasteiger partial charge in [-0.1, -0.05) is 6.92 Å². The molecule has 16 heavy (non-hydrogen) atoms. The van der Waals surface area contributed by atoms with Gasteiger partial charge in [0.25, 0.3) is 0 Å². The van der Waals surface area contributed by atoms with Gasteiger partial charge in [-0.05, 0) is 26.4 Å². The first kappa shape index (κ1) is 13.4. The molecule has 0 aromatic rings. The van der Waals surface area contributed by atoms with Gasteiger partial charge < -0.3 is 15.2 Å². The second-order valence-electron chi connectivity index (χ2n) is 4.17. The fourth-order valence-corrected chi connectivity index (χ4v) is 1.96. The lowest BCUT2D eigenvalue weighted by Gasteiger charge is -2.26. The number of rotatable bonds is 7. The average Bonchev–Trinajstić information content (AvgIpc) is 2.76. The number of hydrogen-bond acceptors (Lipinski definition) is 4. The first-order chi connectivity index (χ1) is 7.67. The molecule has 1 fully saturated rings. The van der Waals surface area contributed by atoms with Crippen LogP contribution in [0, 0.1) is 0 Å². The molecule has 1 aliphatic heterocycles. The highest BCUT2D eigenvalue weighted by atomic mass is 16.5. The Hall–Kier alpha value is -0.650. The molecule has 0 aromatic carbocycles. The van der Waals surface area contributed by atoms with Crippen molar-refractivity contribution in [2.24, 2.45) is 0 Å². The number of carboxylic acids is 1. The van der Waals surface area contributed by atoms with Crippen molar-refractivity contribution in [1.82, 2.24) is 10.2 Å². The smallest absolute Gasteiger partial charge is 0.322 e. The normalized spacial score (nSPS) is 22.6. The molecule has 0 spiro atoms. The summed E-state index contributed by atoms with van der Waals surface area (Å²) in [5, 5.41) is 11.8. The standard InChI is InChI=1S/C11H22N2O3/c1-3-13(7-9-5-4-6-16-9)8-10(12-2)11(14)15/h9-10,12H,3-8H2,1-2H3,(H,14,15). The first-order valence-corrected chi connectivity index (χ1v) is 5.91. The molecule has 0 radical (unpaired) electrons. The molecule has 0 bridgehead atoms. The van der Waals surface area contributed by atoms with Crippen molar-refractivity contribution < 1.29 is 14.6 Å². The highest BCUT2D eigenvalue weighted by Gasteiger charge is 2.22. The molecule has 5 nitrogen and oxygen atoms in total. The molecule has 2 N–H and O–H groups in total. The van der Waals surface area contributed by atoms with E-state index in [1.807, 2.05) is 6.92 Å². The summed E-state index contributed by atoms with van der Waals surface area (Å²) in [7, 11) is 1.68. The van der Waals surface area contributed by atoms with Gasteiger partial charge in [-0.25, -0.2) is 0 Å². The third-order valence-corrected chi connectivity index (χ3v) is 3.02.